The molecular weight excluding hydrogens is 415 g/mol. The summed E-state index contributed by atoms with van der Waals surface area (Å²) < 4.78 is 13.4. The minimum Gasteiger partial charge on any atom is -0.396 e. The molecule has 2 fully saturated rings. The van der Waals surface area contributed by atoms with E-state index in [1.54, 1.807) is 12.1 Å². The number of nitrogens with two attached hydrogens (primary N) is 1. The van der Waals surface area contributed by atoms with Gasteiger partial charge in [-0.2, -0.15) is 0 Å². The Balaban J connectivity index is 1.21. The van der Waals surface area contributed by atoms with E-state index in [0.29, 0.717) is 11.8 Å². The Morgan fingerprint density at radius 3 is 2.61 bits per heavy atom. The number of hydrogen-bond donors (Lipinski definition) is 4. The zero-order chi connectivity index (χ0) is 23.2. The fourth-order valence-electron chi connectivity index (χ4n) is 5.23. The number of carbonyl (C=O) groups excluding carboxylic acids is 1. The van der Waals surface area contributed by atoms with Crippen LogP contribution in [0.15, 0.2) is 42.5 Å². The summed E-state index contributed by atoms with van der Waals surface area (Å²) in [4.78, 5) is 12.5. The summed E-state index contributed by atoms with van der Waals surface area (Å²) in [5.41, 5.74) is 9.02. The SMILES string of the molecule is CC(NCCC1CCC(c2ccc(C(=O)NC3CCNCC3)cc2)C1)c1ccc(F)c(N)c1. The first-order chi connectivity index (χ1) is 16.0. The van der Waals surface area contributed by atoms with Crippen LogP contribution in [0.25, 0.3) is 0 Å². The van der Waals surface area contributed by atoms with Gasteiger partial charge in [0.05, 0.1) is 5.69 Å². The lowest BCUT2D eigenvalue weighted by Gasteiger charge is -2.23. The van der Waals surface area contributed by atoms with Gasteiger partial charge in [0.25, 0.3) is 5.91 Å². The molecule has 0 spiro atoms. The highest BCUT2D eigenvalue weighted by molar-refractivity contribution is 5.94. The summed E-state index contributed by atoms with van der Waals surface area (Å²) in [5, 5.41) is 10.1. The molecule has 1 heterocycles. The van der Waals surface area contributed by atoms with Crippen LogP contribution in [0.5, 0.6) is 0 Å². The van der Waals surface area contributed by atoms with Gasteiger partial charge in [0.2, 0.25) is 0 Å². The molecule has 3 atom stereocenters. The van der Waals surface area contributed by atoms with Gasteiger partial charge in [-0.25, -0.2) is 4.39 Å². The van der Waals surface area contributed by atoms with Gasteiger partial charge in [-0.1, -0.05) is 18.2 Å². The molecule has 33 heavy (non-hydrogen) atoms. The molecule has 1 amide bonds. The largest absolute Gasteiger partial charge is 0.396 e. The van der Waals surface area contributed by atoms with E-state index >= 15 is 0 Å². The number of anilines is 1. The van der Waals surface area contributed by atoms with Gasteiger partial charge < -0.3 is 21.7 Å². The first-order valence-corrected chi connectivity index (χ1v) is 12.4. The summed E-state index contributed by atoms with van der Waals surface area (Å²) in [6, 6.07) is 13.6. The normalized spacial score (nSPS) is 22.2. The van der Waals surface area contributed by atoms with Crippen molar-refractivity contribution in [1.82, 2.24) is 16.0 Å². The van der Waals surface area contributed by atoms with E-state index in [2.05, 4.69) is 35.0 Å². The van der Waals surface area contributed by atoms with Crippen LogP contribution in [0, 0.1) is 11.7 Å². The molecule has 1 saturated carbocycles. The minimum absolute atomic E-state index is 0.0425. The number of hydrogen-bond acceptors (Lipinski definition) is 4. The van der Waals surface area contributed by atoms with Crippen LogP contribution in [-0.2, 0) is 0 Å². The predicted molar refractivity (Wildman–Crippen MR) is 132 cm³/mol. The first kappa shape index (κ1) is 23.7. The highest BCUT2D eigenvalue weighted by Gasteiger charge is 2.26. The van der Waals surface area contributed by atoms with E-state index in [1.807, 2.05) is 12.1 Å². The standard InChI is InChI=1S/C27H37FN4O/c1-18(22-8-9-25(28)26(29)17-22)31-15-10-19-2-3-23(16-19)20-4-6-21(7-5-20)27(33)32-24-11-13-30-14-12-24/h4-9,17-19,23-24,30-31H,2-3,10-16,29H2,1H3,(H,32,33). The molecule has 1 saturated heterocycles. The summed E-state index contributed by atoms with van der Waals surface area (Å²) in [6.45, 7) is 4.97. The topological polar surface area (TPSA) is 79.2 Å². The van der Waals surface area contributed by atoms with Crippen LogP contribution in [-0.4, -0.2) is 31.6 Å². The number of rotatable bonds is 8. The minimum atomic E-state index is -0.363. The number of benzene rings is 2. The second kappa shape index (κ2) is 11.1. The molecule has 5 N–H and O–H groups in total. The van der Waals surface area contributed by atoms with Gasteiger partial charge in [0.1, 0.15) is 5.82 Å². The Bertz CT molecular complexity index is 926. The van der Waals surface area contributed by atoms with Gasteiger partial charge in [-0.05, 0) is 112 Å². The third kappa shape index (κ3) is 6.33. The average Bonchev–Trinajstić information content (AvgIpc) is 3.30. The van der Waals surface area contributed by atoms with E-state index in [0.717, 1.165) is 50.0 Å². The van der Waals surface area contributed by atoms with Crippen molar-refractivity contribution < 1.29 is 9.18 Å². The highest BCUT2D eigenvalue weighted by atomic mass is 19.1. The fraction of sp³-hybridized carbons (Fsp3) is 0.519. The maximum absolute atomic E-state index is 13.4. The maximum Gasteiger partial charge on any atom is 0.251 e. The van der Waals surface area contributed by atoms with Crippen molar-refractivity contribution in [1.29, 1.82) is 0 Å². The van der Waals surface area contributed by atoms with E-state index < -0.39 is 0 Å². The molecule has 1 aliphatic heterocycles. The lowest BCUT2D eigenvalue weighted by molar-refractivity contribution is 0.0929. The van der Waals surface area contributed by atoms with Gasteiger partial charge in [-0.3, -0.25) is 4.79 Å². The van der Waals surface area contributed by atoms with Crippen LogP contribution in [0.2, 0.25) is 0 Å². The number of halogens is 1. The maximum atomic E-state index is 13.4. The summed E-state index contributed by atoms with van der Waals surface area (Å²) >= 11 is 0. The smallest absolute Gasteiger partial charge is 0.251 e. The molecule has 0 bridgehead atoms. The number of amides is 1. The van der Waals surface area contributed by atoms with Crippen molar-refractivity contribution in [2.75, 3.05) is 25.4 Å². The Labute approximate surface area is 196 Å². The second-order valence-electron chi connectivity index (χ2n) is 9.74. The molecule has 178 valence electrons. The number of nitrogens with one attached hydrogen (secondary N) is 3. The van der Waals surface area contributed by atoms with E-state index in [-0.39, 0.29) is 29.5 Å². The van der Waals surface area contributed by atoms with Gasteiger partial charge in [-0.15, -0.1) is 0 Å². The Hall–Kier alpha value is -2.44. The van der Waals surface area contributed by atoms with Gasteiger partial charge >= 0.3 is 0 Å². The van der Waals surface area contributed by atoms with E-state index in [9.17, 15) is 9.18 Å². The van der Waals surface area contributed by atoms with Crippen LogP contribution < -0.4 is 21.7 Å². The molecule has 2 aromatic rings. The molecular formula is C27H37FN4O. The van der Waals surface area contributed by atoms with E-state index in [1.165, 1.54) is 30.9 Å². The van der Waals surface area contributed by atoms with Gasteiger partial charge in [0, 0.05) is 17.6 Å². The Kier molecular flexibility index (Phi) is 7.99. The van der Waals surface area contributed by atoms with Crippen LogP contribution in [0.3, 0.4) is 0 Å². The third-order valence-corrected chi connectivity index (χ3v) is 7.38. The molecule has 4 rings (SSSR count). The van der Waals surface area contributed by atoms with Crippen molar-refractivity contribution in [3.05, 3.63) is 65.0 Å². The van der Waals surface area contributed by atoms with Crippen molar-refractivity contribution in [2.24, 2.45) is 5.92 Å². The Morgan fingerprint density at radius 1 is 1.12 bits per heavy atom. The van der Waals surface area contributed by atoms with Crippen LogP contribution in [0.1, 0.15) is 78.9 Å². The van der Waals surface area contributed by atoms with Crippen molar-refractivity contribution in [2.45, 2.75) is 63.5 Å². The number of carbonyl (C=O) groups is 1. The van der Waals surface area contributed by atoms with Crippen molar-refractivity contribution >= 4 is 11.6 Å². The monoisotopic (exact) mass is 452 g/mol. The zero-order valence-electron chi connectivity index (χ0n) is 19.6. The summed E-state index contributed by atoms with van der Waals surface area (Å²) in [6.07, 6.45) is 6.77. The lowest BCUT2D eigenvalue weighted by atomic mass is 9.94. The molecule has 5 nitrogen and oxygen atoms in total. The Morgan fingerprint density at radius 2 is 1.88 bits per heavy atom. The molecule has 0 radical (unpaired) electrons. The first-order valence-electron chi connectivity index (χ1n) is 12.4. The average molecular weight is 453 g/mol. The van der Waals surface area contributed by atoms with E-state index in [4.69, 9.17) is 5.73 Å². The van der Waals surface area contributed by atoms with Crippen LogP contribution >= 0.6 is 0 Å². The molecule has 2 aliphatic rings. The number of nitrogen functional groups attached to an aromatic ring is 1. The highest BCUT2D eigenvalue weighted by Crippen LogP contribution is 2.39. The molecule has 2 aromatic carbocycles. The zero-order valence-corrected chi connectivity index (χ0v) is 19.6. The van der Waals surface area contributed by atoms with Gasteiger partial charge in [0.15, 0.2) is 0 Å². The van der Waals surface area contributed by atoms with Crippen molar-refractivity contribution in [3.63, 3.8) is 0 Å². The fourth-order valence-corrected chi connectivity index (χ4v) is 5.23. The predicted octanol–water partition coefficient (Wildman–Crippen LogP) is 4.51. The molecule has 0 aromatic heterocycles. The molecule has 6 heteroatoms. The molecule has 1 aliphatic carbocycles. The third-order valence-electron chi connectivity index (χ3n) is 7.38. The lowest BCUT2D eigenvalue weighted by Crippen LogP contribution is -2.42. The van der Waals surface area contributed by atoms with Crippen LogP contribution in [0.4, 0.5) is 10.1 Å². The summed E-state index contributed by atoms with van der Waals surface area (Å²) in [7, 11) is 0. The molecule has 3 unspecified atom stereocenters. The number of piperidine rings is 1. The van der Waals surface area contributed by atoms with Crippen molar-refractivity contribution in [3.8, 4) is 0 Å². The second-order valence-corrected chi connectivity index (χ2v) is 9.74. The quantitative estimate of drug-likeness (QED) is 0.444. The summed E-state index contributed by atoms with van der Waals surface area (Å²) in [5.74, 6) is 0.959.